The molecular weight excluding hydrogens is 290 g/mol. The smallest absolute Gasteiger partial charge is 0.275 e. The van der Waals surface area contributed by atoms with Crippen LogP contribution in [0.3, 0.4) is 0 Å². The first-order valence-electron chi connectivity index (χ1n) is 6.38. The fraction of sp³-hybridized carbons (Fsp3) is 0.214. The molecule has 0 spiro atoms. The first-order chi connectivity index (χ1) is 10.2. The van der Waals surface area contributed by atoms with Crippen molar-refractivity contribution < 1.29 is 14.3 Å². The fourth-order valence-corrected chi connectivity index (χ4v) is 2.08. The number of rotatable bonds is 6. The van der Waals surface area contributed by atoms with Crippen LogP contribution in [0.1, 0.15) is 17.4 Å². The first-order valence-corrected chi connectivity index (χ1v) is 7.32. The number of likely N-dealkylation sites (N-methyl/N-ethyl adjacent to an activating group) is 1. The van der Waals surface area contributed by atoms with Crippen LogP contribution in [0.15, 0.2) is 35.2 Å². The molecule has 21 heavy (non-hydrogen) atoms. The number of thiazole rings is 1. The number of amides is 2. The SMILES string of the molecule is CCNC(=O)COc1ccc(NC(=O)c2cscn2)cc1. The Balaban J connectivity index is 1.87. The Labute approximate surface area is 126 Å². The number of benzene rings is 1. The Hall–Kier alpha value is -2.41. The van der Waals surface area contributed by atoms with E-state index in [9.17, 15) is 9.59 Å². The van der Waals surface area contributed by atoms with Crippen molar-refractivity contribution >= 4 is 28.8 Å². The van der Waals surface area contributed by atoms with Crippen molar-refractivity contribution in [1.82, 2.24) is 10.3 Å². The van der Waals surface area contributed by atoms with Crippen LogP contribution in [0, 0.1) is 0 Å². The predicted octanol–water partition coefficient (Wildman–Crippen LogP) is 1.91. The molecule has 6 nitrogen and oxygen atoms in total. The van der Waals surface area contributed by atoms with E-state index in [-0.39, 0.29) is 18.4 Å². The lowest BCUT2D eigenvalue weighted by Gasteiger charge is -2.07. The van der Waals surface area contributed by atoms with E-state index in [0.29, 0.717) is 23.7 Å². The van der Waals surface area contributed by atoms with Crippen molar-refractivity contribution in [3.63, 3.8) is 0 Å². The molecule has 0 aliphatic carbocycles. The van der Waals surface area contributed by atoms with E-state index in [0.717, 1.165) is 0 Å². The van der Waals surface area contributed by atoms with Crippen LogP contribution in [-0.2, 0) is 4.79 Å². The van der Waals surface area contributed by atoms with Gasteiger partial charge in [-0.2, -0.15) is 0 Å². The van der Waals surface area contributed by atoms with Crippen LogP contribution in [0.5, 0.6) is 5.75 Å². The highest BCUT2D eigenvalue weighted by Crippen LogP contribution is 2.16. The number of hydrogen-bond acceptors (Lipinski definition) is 5. The molecule has 0 saturated carbocycles. The maximum Gasteiger partial charge on any atom is 0.275 e. The van der Waals surface area contributed by atoms with E-state index in [1.807, 2.05) is 6.92 Å². The molecule has 110 valence electrons. The minimum absolute atomic E-state index is 0.0294. The zero-order valence-corrected chi connectivity index (χ0v) is 12.3. The molecule has 0 aliphatic rings. The number of nitrogens with one attached hydrogen (secondary N) is 2. The molecule has 2 amide bonds. The maximum absolute atomic E-state index is 11.8. The lowest BCUT2D eigenvalue weighted by atomic mass is 10.3. The van der Waals surface area contributed by atoms with Crippen LogP contribution >= 0.6 is 11.3 Å². The third kappa shape index (κ3) is 4.57. The standard InChI is InChI=1S/C14H15N3O3S/c1-2-15-13(18)7-20-11-5-3-10(4-6-11)17-14(19)12-8-21-9-16-12/h3-6,8-9H,2,7H2,1H3,(H,15,18)(H,17,19). The minimum Gasteiger partial charge on any atom is -0.484 e. The van der Waals surface area contributed by atoms with Gasteiger partial charge in [-0.15, -0.1) is 11.3 Å². The van der Waals surface area contributed by atoms with Crippen LogP contribution in [0.25, 0.3) is 0 Å². The van der Waals surface area contributed by atoms with Crippen molar-refractivity contribution in [1.29, 1.82) is 0 Å². The van der Waals surface area contributed by atoms with Gasteiger partial charge in [0.25, 0.3) is 11.8 Å². The third-order valence-corrected chi connectivity index (χ3v) is 3.11. The van der Waals surface area contributed by atoms with Crippen LogP contribution < -0.4 is 15.4 Å². The van der Waals surface area contributed by atoms with Crippen molar-refractivity contribution in [2.45, 2.75) is 6.92 Å². The highest BCUT2D eigenvalue weighted by atomic mass is 32.1. The average Bonchev–Trinajstić information content (AvgIpc) is 3.01. The minimum atomic E-state index is -0.257. The summed E-state index contributed by atoms with van der Waals surface area (Å²) in [5.74, 6) is 0.138. The normalized spacial score (nSPS) is 9.95. The number of anilines is 1. The zero-order valence-electron chi connectivity index (χ0n) is 11.5. The molecule has 7 heteroatoms. The second-order valence-electron chi connectivity index (χ2n) is 4.09. The van der Waals surface area contributed by atoms with Crippen molar-refractivity contribution in [2.75, 3.05) is 18.5 Å². The summed E-state index contributed by atoms with van der Waals surface area (Å²) in [5, 5.41) is 7.05. The summed E-state index contributed by atoms with van der Waals surface area (Å²) in [7, 11) is 0. The quantitative estimate of drug-likeness (QED) is 0.854. The third-order valence-electron chi connectivity index (χ3n) is 2.52. The number of aromatic nitrogens is 1. The molecule has 1 aromatic carbocycles. The van der Waals surface area contributed by atoms with Crippen LogP contribution in [0.2, 0.25) is 0 Å². The largest absolute Gasteiger partial charge is 0.484 e. The molecule has 0 atom stereocenters. The van der Waals surface area contributed by atoms with Gasteiger partial charge >= 0.3 is 0 Å². The molecule has 2 aromatic rings. The molecule has 0 saturated heterocycles. The van der Waals surface area contributed by atoms with E-state index in [1.165, 1.54) is 11.3 Å². The lowest BCUT2D eigenvalue weighted by Crippen LogP contribution is -2.28. The van der Waals surface area contributed by atoms with E-state index >= 15 is 0 Å². The highest BCUT2D eigenvalue weighted by Gasteiger charge is 2.08. The fourth-order valence-electron chi connectivity index (χ4n) is 1.55. The zero-order chi connectivity index (χ0) is 15.1. The topological polar surface area (TPSA) is 80.3 Å². The Kier molecular flexibility index (Phi) is 5.28. The molecule has 0 bridgehead atoms. The Bertz CT molecular complexity index is 596. The molecule has 1 aromatic heterocycles. The Morgan fingerprint density at radius 2 is 2.05 bits per heavy atom. The van der Waals surface area contributed by atoms with Gasteiger partial charge in [-0.3, -0.25) is 9.59 Å². The average molecular weight is 305 g/mol. The Morgan fingerprint density at radius 3 is 2.67 bits per heavy atom. The van der Waals surface area contributed by atoms with E-state index < -0.39 is 0 Å². The monoisotopic (exact) mass is 305 g/mol. The Morgan fingerprint density at radius 1 is 1.29 bits per heavy atom. The van der Waals surface area contributed by atoms with E-state index in [1.54, 1.807) is 35.2 Å². The van der Waals surface area contributed by atoms with Gasteiger partial charge in [-0.25, -0.2) is 4.98 Å². The predicted molar refractivity (Wildman–Crippen MR) is 80.7 cm³/mol. The molecule has 0 aliphatic heterocycles. The molecule has 1 heterocycles. The summed E-state index contributed by atoms with van der Waals surface area (Å²) in [4.78, 5) is 27.0. The summed E-state index contributed by atoms with van der Waals surface area (Å²) in [6, 6.07) is 6.79. The van der Waals surface area contributed by atoms with Gasteiger partial charge in [0.2, 0.25) is 0 Å². The van der Waals surface area contributed by atoms with E-state index in [2.05, 4.69) is 15.6 Å². The number of hydrogen-bond donors (Lipinski definition) is 2. The molecule has 2 rings (SSSR count). The molecule has 2 N–H and O–H groups in total. The number of ether oxygens (including phenoxy) is 1. The highest BCUT2D eigenvalue weighted by molar-refractivity contribution is 7.07. The molecule has 0 fully saturated rings. The summed E-state index contributed by atoms with van der Waals surface area (Å²) in [5.41, 5.74) is 2.63. The van der Waals surface area contributed by atoms with Gasteiger partial charge in [0, 0.05) is 17.6 Å². The van der Waals surface area contributed by atoms with E-state index in [4.69, 9.17) is 4.74 Å². The lowest BCUT2D eigenvalue weighted by molar-refractivity contribution is -0.122. The van der Waals surface area contributed by atoms with Gasteiger partial charge < -0.3 is 15.4 Å². The maximum atomic E-state index is 11.8. The summed E-state index contributed by atoms with van der Waals surface area (Å²) in [6.07, 6.45) is 0. The van der Waals surface area contributed by atoms with Gasteiger partial charge in [0.1, 0.15) is 11.4 Å². The number of carbonyl (C=O) groups is 2. The van der Waals surface area contributed by atoms with Crippen molar-refractivity contribution in [3.8, 4) is 5.75 Å². The van der Waals surface area contributed by atoms with Gasteiger partial charge in [0.05, 0.1) is 5.51 Å². The summed E-state index contributed by atoms with van der Waals surface area (Å²) in [6.45, 7) is 2.39. The van der Waals surface area contributed by atoms with Crippen molar-refractivity contribution in [2.24, 2.45) is 0 Å². The van der Waals surface area contributed by atoms with Gasteiger partial charge in [0.15, 0.2) is 6.61 Å². The molecule has 0 radical (unpaired) electrons. The first kappa shape index (κ1) is 15.0. The second-order valence-corrected chi connectivity index (χ2v) is 4.81. The summed E-state index contributed by atoms with van der Waals surface area (Å²) >= 11 is 1.36. The number of carbonyl (C=O) groups excluding carboxylic acids is 2. The van der Waals surface area contributed by atoms with Gasteiger partial charge in [-0.1, -0.05) is 0 Å². The molecule has 0 unspecified atom stereocenters. The number of nitrogens with zero attached hydrogens (tertiary/aromatic N) is 1. The molecular formula is C14H15N3O3S. The van der Waals surface area contributed by atoms with Crippen LogP contribution in [-0.4, -0.2) is 29.9 Å². The summed E-state index contributed by atoms with van der Waals surface area (Å²) < 4.78 is 5.32. The van der Waals surface area contributed by atoms with Crippen molar-refractivity contribution in [3.05, 3.63) is 40.8 Å². The van der Waals surface area contributed by atoms with Gasteiger partial charge in [-0.05, 0) is 31.2 Å². The van der Waals surface area contributed by atoms with Crippen LogP contribution in [0.4, 0.5) is 5.69 Å². The second kappa shape index (κ2) is 7.39.